The second-order valence-electron chi connectivity index (χ2n) is 5.48. The molecule has 1 aliphatic carbocycles. The zero-order chi connectivity index (χ0) is 15.5. The van der Waals surface area contributed by atoms with E-state index in [9.17, 15) is 18.0 Å². The first-order valence-corrected chi connectivity index (χ1v) is 7.28. The summed E-state index contributed by atoms with van der Waals surface area (Å²) in [6.45, 7) is 1.94. The number of ether oxygens (including phenoxy) is 1. The summed E-state index contributed by atoms with van der Waals surface area (Å²) in [4.78, 5) is 12.1. The van der Waals surface area contributed by atoms with Gasteiger partial charge in [0.15, 0.2) is 0 Å². The van der Waals surface area contributed by atoms with Crippen LogP contribution < -0.4 is 4.74 Å². The number of halogens is 3. The SMILES string of the molecule is CCc1ccccc1OC(=O)C1CCCC(C(F)(F)F)C1. The van der Waals surface area contributed by atoms with Crippen LogP contribution >= 0.6 is 0 Å². The molecule has 0 aliphatic heterocycles. The molecule has 1 saturated carbocycles. The van der Waals surface area contributed by atoms with Crippen LogP contribution in [0.25, 0.3) is 0 Å². The monoisotopic (exact) mass is 300 g/mol. The van der Waals surface area contributed by atoms with Gasteiger partial charge < -0.3 is 4.74 Å². The molecule has 0 amide bonds. The van der Waals surface area contributed by atoms with Crippen molar-refractivity contribution in [1.29, 1.82) is 0 Å². The normalized spacial score (nSPS) is 22.9. The van der Waals surface area contributed by atoms with Crippen molar-refractivity contribution in [2.45, 2.75) is 45.2 Å². The Morgan fingerprint density at radius 1 is 1.29 bits per heavy atom. The summed E-state index contributed by atoms with van der Waals surface area (Å²) in [5.41, 5.74) is 0.883. The molecule has 21 heavy (non-hydrogen) atoms. The lowest BCUT2D eigenvalue weighted by molar-refractivity contribution is -0.187. The number of esters is 1. The fourth-order valence-electron chi connectivity index (χ4n) is 2.79. The maximum atomic E-state index is 12.8. The van der Waals surface area contributed by atoms with Crippen molar-refractivity contribution in [3.05, 3.63) is 29.8 Å². The van der Waals surface area contributed by atoms with Crippen LogP contribution in [-0.2, 0) is 11.2 Å². The molecule has 0 saturated heterocycles. The Labute approximate surface area is 122 Å². The van der Waals surface area contributed by atoms with Crippen molar-refractivity contribution in [2.24, 2.45) is 11.8 Å². The van der Waals surface area contributed by atoms with Gasteiger partial charge in [0.25, 0.3) is 0 Å². The fourth-order valence-corrected chi connectivity index (χ4v) is 2.79. The van der Waals surface area contributed by atoms with Crippen LogP contribution in [0.2, 0.25) is 0 Å². The van der Waals surface area contributed by atoms with Crippen LogP contribution in [0.3, 0.4) is 0 Å². The Morgan fingerprint density at radius 2 is 2.00 bits per heavy atom. The highest BCUT2D eigenvalue weighted by Crippen LogP contribution is 2.40. The highest BCUT2D eigenvalue weighted by atomic mass is 19.4. The topological polar surface area (TPSA) is 26.3 Å². The number of rotatable bonds is 3. The summed E-state index contributed by atoms with van der Waals surface area (Å²) in [7, 11) is 0. The number of carbonyl (C=O) groups excluding carboxylic acids is 1. The van der Waals surface area contributed by atoms with Crippen molar-refractivity contribution in [3.63, 3.8) is 0 Å². The third-order valence-corrected chi connectivity index (χ3v) is 4.03. The molecule has 1 aromatic carbocycles. The quantitative estimate of drug-likeness (QED) is 0.606. The van der Waals surface area contributed by atoms with Crippen LogP contribution in [-0.4, -0.2) is 12.1 Å². The first-order chi connectivity index (χ1) is 9.91. The second-order valence-corrected chi connectivity index (χ2v) is 5.48. The molecule has 0 radical (unpaired) electrons. The van der Waals surface area contributed by atoms with Crippen molar-refractivity contribution < 1.29 is 22.7 Å². The van der Waals surface area contributed by atoms with Gasteiger partial charge in [0.05, 0.1) is 11.8 Å². The van der Waals surface area contributed by atoms with Crippen molar-refractivity contribution in [2.75, 3.05) is 0 Å². The van der Waals surface area contributed by atoms with Gasteiger partial charge in [-0.2, -0.15) is 13.2 Å². The molecule has 0 N–H and O–H groups in total. The summed E-state index contributed by atoms with van der Waals surface area (Å²) in [5.74, 6) is -2.12. The Hall–Kier alpha value is -1.52. The van der Waals surface area contributed by atoms with Gasteiger partial charge in [-0.25, -0.2) is 0 Å². The summed E-state index contributed by atoms with van der Waals surface area (Å²) in [6.07, 6.45) is -2.67. The van der Waals surface area contributed by atoms with Crippen LogP contribution in [0.4, 0.5) is 13.2 Å². The minimum atomic E-state index is -4.22. The smallest absolute Gasteiger partial charge is 0.391 e. The molecule has 5 heteroatoms. The average molecular weight is 300 g/mol. The van der Waals surface area contributed by atoms with Gasteiger partial charge >= 0.3 is 12.1 Å². The summed E-state index contributed by atoms with van der Waals surface area (Å²) >= 11 is 0. The minimum absolute atomic E-state index is 0.110. The Bertz CT molecular complexity index is 497. The predicted octanol–water partition coefficient (Wildman–Crippen LogP) is 4.52. The average Bonchev–Trinajstić information content (AvgIpc) is 2.47. The third kappa shape index (κ3) is 3.99. The zero-order valence-corrected chi connectivity index (χ0v) is 12.0. The lowest BCUT2D eigenvalue weighted by Crippen LogP contribution is -2.33. The van der Waals surface area contributed by atoms with Gasteiger partial charge in [-0.1, -0.05) is 31.5 Å². The van der Waals surface area contributed by atoms with Crippen LogP contribution in [0, 0.1) is 11.8 Å². The van der Waals surface area contributed by atoms with E-state index in [0.717, 1.165) is 5.56 Å². The molecule has 2 rings (SSSR count). The van der Waals surface area contributed by atoms with Gasteiger partial charge in [0.1, 0.15) is 5.75 Å². The first kappa shape index (κ1) is 15.9. The first-order valence-electron chi connectivity index (χ1n) is 7.28. The number of benzene rings is 1. The summed E-state index contributed by atoms with van der Waals surface area (Å²) < 4.78 is 43.6. The molecule has 2 atom stereocenters. The Balaban J connectivity index is 2.03. The van der Waals surface area contributed by atoms with Gasteiger partial charge in [0, 0.05) is 0 Å². The highest BCUT2D eigenvalue weighted by molar-refractivity contribution is 5.75. The van der Waals surface area contributed by atoms with Gasteiger partial charge in [-0.15, -0.1) is 0 Å². The van der Waals surface area contributed by atoms with Gasteiger partial charge in [0.2, 0.25) is 0 Å². The van der Waals surface area contributed by atoms with Crippen molar-refractivity contribution in [3.8, 4) is 5.75 Å². The van der Waals surface area contributed by atoms with Crippen LogP contribution in [0.15, 0.2) is 24.3 Å². The molecule has 2 nitrogen and oxygen atoms in total. The molecule has 0 aromatic heterocycles. The van der Waals surface area contributed by atoms with Gasteiger partial charge in [-0.05, 0) is 37.3 Å². The summed E-state index contributed by atoms with van der Waals surface area (Å²) in [5, 5.41) is 0. The van der Waals surface area contributed by atoms with E-state index in [2.05, 4.69) is 0 Å². The molecule has 0 heterocycles. The Morgan fingerprint density at radius 3 is 2.67 bits per heavy atom. The molecule has 1 aromatic rings. The van der Waals surface area contributed by atoms with Crippen LogP contribution in [0.5, 0.6) is 5.75 Å². The lowest BCUT2D eigenvalue weighted by atomic mass is 9.81. The molecule has 0 bridgehead atoms. The second kappa shape index (κ2) is 6.50. The number of para-hydroxylation sites is 1. The zero-order valence-electron chi connectivity index (χ0n) is 12.0. The maximum absolute atomic E-state index is 12.8. The van der Waals surface area contributed by atoms with Gasteiger partial charge in [-0.3, -0.25) is 4.79 Å². The van der Waals surface area contributed by atoms with E-state index in [0.29, 0.717) is 25.0 Å². The number of carbonyl (C=O) groups is 1. The number of hydrogen-bond donors (Lipinski definition) is 0. The van der Waals surface area contributed by atoms with E-state index in [-0.39, 0.29) is 12.8 Å². The number of aryl methyl sites for hydroxylation is 1. The van der Waals surface area contributed by atoms with E-state index in [1.807, 2.05) is 19.1 Å². The van der Waals surface area contributed by atoms with E-state index >= 15 is 0 Å². The Kier molecular flexibility index (Phi) is 4.91. The van der Waals surface area contributed by atoms with Crippen molar-refractivity contribution in [1.82, 2.24) is 0 Å². The van der Waals surface area contributed by atoms with Crippen LogP contribution in [0.1, 0.15) is 38.2 Å². The molecule has 0 spiro atoms. The number of alkyl halides is 3. The molecule has 116 valence electrons. The van der Waals surface area contributed by atoms with E-state index in [1.165, 1.54) is 0 Å². The molecular weight excluding hydrogens is 281 g/mol. The maximum Gasteiger partial charge on any atom is 0.391 e. The summed E-state index contributed by atoms with van der Waals surface area (Å²) in [6, 6.07) is 7.13. The molecule has 1 aliphatic rings. The fraction of sp³-hybridized carbons (Fsp3) is 0.562. The predicted molar refractivity (Wildman–Crippen MR) is 73.0 cm³/mol. The van der Waals surface area contributed by atoms with E-state index in [1.54, 1.807) is 12.1 Å². The molecular formula is C16H19F3O2. The molecule has 2 unspecified atom stereocenters. The molecule has 1 fully saturated rings. The highest BCUT2D eigenvalue weighted by Gasteiger charge is 2.44. The minimum Gasteiger partial charge on any atom is -0.426 e. The third-order valence-electron chi connectivity index (χ3n) is 4.03. The van der Waals surface area contributed by atoms with E-state index in [4.69, 9.17) is 4.74 Å². The lowest BCUT2D eigenvalue weighted by Gasteiger charge is -2.29. The van der Waals surface area contributed by atoms with E-state index < -0.39 is 24.0 Å². The number of hydrogen-bond acceptors (Lipinski definition) is 2. The standard InChI is InChI=1S/C16H19F3O2/c1-2-11-6-3-4-9-14(11)21-15(20)12-7-5-8-13(10-12)16(17,18)19/h3-4,6,9,12-13H,2,5,7-8,10H2,1H3. The largest absolute Gasteiger partial charge is 0.426 e. The van der Waals surface area contributed by atoms with Crippen molar-refractivity contribution >= 4 is 5.97 Å².